The molecule has 3 aliphatic rings. The number of fused-ring (bicyclic) bond motifs is 1. The normalized spacial score (nSPS) is 19.4. The standard InChI is InChI=1S/C28H33N3O5.CH4O3S/c32-26(30-16-18-35-19-17-30)20-29-12-14-31(15-13-29)27(33)22-8-10-23(11-9-22)36-28(34)25-7-3-5-21-4-1-2-6-24(21)25;1-5(2,3)4/h1-2,4,6,8-11,25H,3,5,7,12-20H2;1H3,(H,2,3,4). The number of morpholine rings is 1. The molecule has 1 N–H and O–H groups in total. The van der Waals surface area contributed by atoms with Gasteiger partial charge in [0.1, 0.15) is 5.75 Å². The Kier molecular flexibility index (Phi) is 10.5. The number of esters is 1. The first kappa shape index (κ1) is 30.6. The first-order valence-corrected chi connectivity index (χ1v) is 15.6. The molecular formula is C29H37N3O8S. The number of piperazine rings is 1. The summed E-state index contributed by atoms with van der Waals surface area (Å²) >= 11 is 0. The second kappa shape index (κ2) is 14.0. The zero-order valence-electron chi connectivity index (χ0n) is 23.2. The lowest BCUT2D eigenvalue weighted by Gasteiger charge is -2.36. The third-order valence-electron chi connectivity index (χ3n) is 7.36. The fourth-order valence-corrected chi connectivity index (χ4v) is 5.25. The highest BCUT2D eigenvalue weighted by Gasteiger charge is 2.28. The van der Waals surface area contributed by atoms with Crippen molar-refractivity contribution >= 4 is 27.9 Å². The number of carbonyl (C=O) groups is 3. The van der Waals surface area contributed by atoms with E-state index in [2.05, 4.69) is 11.0 Å². The highest BCUT2D eigenvalue weighted by atomic mass is 32.2. The van der Waals surface area contributed by atoms with Gasteiger partial charge in [-0.05, 0) is 54.7 Å². The van der Waals surface area contributed by atoms with Crippen molar-refractivity contribution in [1.82, 2.24) is 14.7 Å². The summed E-state index contributed by atoms with van der Waals surface area (Å²) in [6, 6.07) is 14.9. The van der Waals surface area contributed by atoms with Crippen LogP contribution in [0, 0.1) is 0 Å². The molecule has 2 amide bonds. The molecule has 0 aromatic heterocycles. The molecule has 0 spiro atoms. The molecule has 2 aliphatic heterocycles. The molecule has 1 aliphatic carbocycles. The molecular weight excluding hydrogens is 550 g/mol. The summed E-state index contributed by atoms with van der Waals surface area (Å²) in [6.07, 6.45) is 3.47. The van der Waals surface area contributed by atoms with E-state index in [1.165, 1.54) is 5.56 Å². The van der Waals surface area contributed by atoms with E-state index < -0.39 is 10.1 Å². The van der Waals surface area contributed by atoms with E-state index in [0.717, 1.165) is 24.8 Å². The molecule has 0 bridgehead atoms. The molecule has 1 unspecified atom stereocenters. The SMILES string of the molecule is CS(=O)(=O)O.O=C(Oc1ccc(C(=O)N2CCN(CC(=O)N3CCOCC3)CC2)cc1)C1CCCc2ccccc21. The van der Waals surface area contributed by atoms with E-state index in [0.29, 0.717) is 76.6 Å². The van der Waals surface area contributed by atoms with Crippen LogP contribution in [0.3, 0.4) is 0 Å². The van der Waals surface area contributed by atoms with Gasteiger partial charge in [-0.25, -0.2) is 0 Å². The molecule has 2 saturated heterocycles. The maximum atomic E-state index is 13.0. The van der Waals surface area contributed by atoms with Crippen molar-refractivity contribution in [2.75, 3.05) is 65.3 Å². The zero-order valence-corrected chi connectivity index (χ0v) is 24.1. The van der Waals surface area contributed by atoms with E-state index in [4.69, 9.17) is 14.0 Å². The summed E-state index contributed by atoms with van der Waals surface area (Å²) < 4.78 is 36.9. The van der Waals surface area contributed by atoms with Crippen LogP contribution >= 0.6 is 0 Å². The van der Waals surface area contributed by atoms with Crippen molar-refractivity contribution in [3.8, 4) is 5.75 Å². The Labute approximate surface area is 240 Å². The summed E-state index contributed by atoms with van der Waals surface area (Å²) in [5.74, 6) is 0.0332. The van der Waals surface area contributed by atoms with Crippen molar-refractivity contribution < 1.29 is 36.8 Å². The molecule has 2 aromatic rings. The van der Waals surface area contributed by atoms with Gasteiger partial charge in [0.05, 0.1) is 31.9 Å². The van der Waals surface area contributed by atoms with Gasteiger partial charge in [-0.15, -0.1) is 0 Å². The minimum absolute atomic E-state index is 0.0479. The summed E-state index contributed by atoms with van der Waals surface area (Å²) in [4.78, 5) is 44.1. The summed E-state index contributed by atoms with van der Waals surface area (Å²) in [6.45, 7) is 5.36. The monoisotopic (exact) mass is 587 g/mol. The van der Waals surface area contributed by atoms with Crippen LogP contribution in [0.5, 0.6) is 5.75 Å². The lowest BCUT2D eigenvalue weighted by molar-refractivity contribution is -0.137. The van der Waals surface area contributed by atoms with E-state index >= 15 is 0 Å². The van der Waals surface area contributed by atoms with Crippen molar-refractivity contribution in [2.45, 2.75) is 25.2 Å². The van der Waals surface area contributed by atoms with Gasteiger partial charge in [0.15, 0.2) is 0 Å². The number of nitrogens with zero attached hydrogens (tertiary/aromatic N) is 3. The molecule has 222 valence electrons. The highest BCUT2D eigenvalue weighted by Crippen LogP contribution is 2.32. The molecule has 5 rings (SSSR count). The molecule has 1 atom stereocenters. The van der Waals surface area contributed by atoms with Crippen LogP contribution in [0.4, 0.5) is 0 Å². The highest BCUT2D eigenvalue weighted by molar-refractivity contribution is 7.85. The van der Waals surface area contributed by atoms with Gasteiger partial charge in [-0.3, -0.25) is 23.8 Å². The maximum Gasteiger partial charge on any atom is 0.318 e. The van der Waals surface area contributed by atoms with Crippen LogP contribution in [0.15, 0.2) is 48.5 Å². The first-order valence-electron chi connectivity index (χ1n) is 13.8. The number of benzene rings is 2. The average molecular weight is 588 g/mol. The predicted molar refractivity (Wildman–Crippen MR) is 151 cm³/mol. The van der Waals surface area contributed by atoms with Gasteiger partial charge in [0.2, 0.25) is 5.91 Å². The lowest BCUT2D eigenvalue weighted by Crippen LogP contribution is -2.52. The summed E-state index contributed by atoms with van der Waals surface area (Å²) in [5, 5.41) is 0. The van der Waals surface area contributed by atoms with Gasteiger partial charge in [-0.1, -0.05) is 24.3 Å². The van der Waals surface area contributed by atoms with Crippen LogP contribution in [0.2, 0.25) is 0 Å². The van der Waals surface area contributed by atoms with Gasteiger partial charge in [-0.2, -0.15) is 8.42 Å². The summed E-state index contributed by atoms with van der Waals surface area (Å²) in [5.41, 5.74) is 2.85. The smallest absolute Gasteiger partial charge is 0.318 e. The number of carbonyl (C=O) groups excluding carboxylic acids is 3. The maximum absolute atomic E-state index is 13.0. The molecule has 12 heteroatoms. The Morgan fingerprint density at radius 1 is 0.927 bits per heavy atom. The fourth-order valence-electron chi connectivity index (χ4n) is 5.25. The van der Waals surface area contributed by atoms with Gasteiger partial charge >= 0.3 is 5.97 Å². The first-order chi connectivity index (χ1) is 19.6. The minimum Gasteiger partial charge on any atom is -0.426 e. The molecule has 0 radical (unpaired) electrons. The minimum atomic E-state index is -3.67. The quantitative estimate of drug-likeness (QED) is 0.316. The van der Waals surface area contributed by atoms with E-state index in [9.17, 15) is 22.8 Å². The van der Waals surface area contributed by atoms with Crippen molar-refractivity contribution in [3.63, 3.8) is 0 Å². The average Bonchev–Trinajstić information content (AvgIpc) is 2.97. The Hall–Kier alpha value is -3.32. The molecule has 2 fully saturated rings. The van der Waals surface area contributed by atoms with Gasteiger partial charge in [0.25, 0.3) is 16.0 Å². The molecule has 0 saturated carbocycles. The van der Waals surface area contributed by atoms with Gasteiger partial charge in [0, 0.05) is 44.8 Å². The third kappa shape index (κ3) is 9.09. The molecule has 41 heavy (non-hydrogen) atoms. The van der Waals surface area contributed by atoms with E-state index in [1.807, 2.05) is 28.0 Å². The number of amides is 2. The van der Waals surface area contributed by atoms with E-state index in [-0.39, 0.29) is 23.7 Å². The number of ether oxygens (including phenoxy) is 2. The largest absolute Gasteiger partial charge is 0.426 e. The Morgan fingerprint density at radius 3 is 2.22 bits per heavy atom. The lowest BCUT2D eigenvalue weighted by atomic mass is 9.83. The summed E-state index contributed by atoms with van der Waals surface area (Å²) in [7, 11) is -3.67. The number of hydrogen-bond acceptors (Lipinski definition) is 8. The second-order valence-corrected chi connectivity index (χ2v) is 11.8. The number of aryl methyl sites for hydroxylation is 1. The number of rotatable bonds is 5. The van der Waals surface area contributed by atoms with Crippen LogP contribution in [-0.2, 0) is 30.9 Å². The molecule has 11 nitrogen and oxygen atoms in total. The second-order valence-electron chi connectivity index (χ2n) is 10.4. The Bertz CT molecular complexity index is 1310. The van der Waals surface area contributed by atoms with E-state index in [1.54, 1.807) is 24.3 Å². The van der Waals surface area contributed by atoms with Crippen LogP contribution in [0.25, 0.3) is 0 Å². The molecule has 2 heterocycles. The van der Waals surface area contributed by atoms with Crippen molar-refractivity contribution in [3.05, 3.63) is 65.2 Å². The Morgan fingerprint density at radius 2 is 1.56 bits per heavy atom. The Balaban J connectivity index is 0.000000714. The van der Waals surface area contributed by atoms with Crippen LogP contribution < -0.4 is 4.74 Å². The predicted octanol–water partition coefficient (Wildman–Crippen LogP) is 1.83. The topological polar surface area (TPSA) is 134 Å². The van der Waals surface area contributed by atoms with Crippen LogP contribution in [-0.4, -0.2) is 111 Å². The van der Waals surface area contributed by atoms with Crippen LogP contribution in [0.1, 0.15) is 40.2 Å². The zero-order chi connectivity index (χ0) is 29.4. The van der Waals surface area contributed by atoms with Crippen molar-refractivity contribution in [2.24, 2.45) is 0 Å². The number of hydrogen-bond donors (Lipinski definition) is 1. The van der Waals surface area contributed by atoms with Crippen molar-refractivity contribution in [1.29, 1.82) is 0 Å². The van der Waals surface area contributed by atoms with Gasteiger partial charge < -0.3 is 19.3 Å². The fraction of sp³-hybridized carbons (Fsp3) is 0.483. The third-order valence-corrected chi connectivity index (χ3v) is 7.36. The molecule has 2 aromatic carbocycles.